The second kappa shape index (κ2) is 10.1. The minimum atomic E-state index is -0.446. The zero-order chi connectivity index (χ0) is 18.0. The number of rotatable bonds is 4. The van der Waals surface area contributed by atoms with Gasteiger partial charge in [0.05, 0.1) is 11.6 Å². The molecule has 4 rings (SSSR count). The molecule has 1 heterocycles. The maximum atomic E-state index is 4.94. The van der Waals surface area contributed by atoms with Gasteiger partial charge in [-0.2, -0.15) is 0 Å². The quantitative estimate of drug-likeness (QED) is 0.307. The van der Waals surface area contributed by atoms with Crippen molar-refractivity contribution in [1.29, 1.82) is 0 Å². The van der Waals surface area contributed by atoms with Crippen molar-refractivity contribution >= 4 is 39.8 Å². The number of alkyl halides is 1. The molecule has 3 heteroatoms. The van der Waals surface area contributed by atoms with E-state index in [2.05, 4.69) is 107 Å². The Hall–Kier alpha value is -2.15. The molecule has 4 aromatic rings. The smallest absolute Gasteiger partial charge is 0.114 e. The highest BCUT2D eigenvalue weighted by Crippen LogP contribution is 2.32. The predicted octanol–water partition coefficient (Wildman–Crippen LogP) is 5.62. The second-order valence-corrected chi connectivity index (χ2v) is 8.34. The molecule has 3 aromatic carbocycles. The third-order valence-electron chi connectivity index (χ3n) is 3.75. The Morgan fingerprint density at radius 1 is 0.577 bits per heavy atom. The molecule has 1 aromatic heterocycles. The van der Waals surface area contributed by atoms with Crippen molar-refractivity contribution in [3.05, 3.63) is 115 Å². The summed E-state index contributed by atoms with van der Waals surface area (Å²) < 4.78 is 4.94. The number of furan rings is 1. The molecule has 0 unspecified atom stereocenters. The van der Waals surface area contributed by atoms with Crippen LogP contribution in [0, 0.1) is 0 Å². The topological polar surface area (TPSA) is 13.1 Å². The largest absolute Gasteiger partial charge is 0.468 e. The fourth-order valence-corrected chi connectivity index (χ4v) is 5.19. The molecule has 0 amide bonds. The normalized spacial score (nSPS) is 10.2. The van der Waals surface area contributed by atoms with E-state index in [0.717, 1.165) is 11.1 Å². The Morgan fingerprint density at radius 3 is 1.27 bits per heavy atom. The van der Waals surface area contributed by atoms with Crippen LogP contribution in [0.3, 0.4) is 0 Å². The molecule has 0 N–H and O–H groups in total. The average Bonchev–Trinajstić information content (AvgIpc) is 3.25. The Balaban J connectivity index is 0.000000236. The minimum Gasteiger partial charge on any atom is -0.468 e. The molecule has 0 aliphatic heterocycles. The molecular weight excluding hydrogens is 403 g/mol. The summed E-state index contributed by atoms with van der Waals surface area (Å²) in [5, 5.41) is 5.00. The van der Waals surface area contributed by atoms with Crippen molar-refractivity contribution in [1.82, 2.24) is 0 Å². The van der Waals surface area contributed by atoms with Crippen LogP contribution in [0.15, 0.2) is 114 Å². The van der Waals surface area contributed by atoms with E-state index in [4.69, 9.17) is 4.42 Å². The second-order valence-electron chi connectivity index (χ2n) is 5.56. The van der Waals surface area contributed by atoms with Gasteiger partial charge in [0, 0.05) is 0 Å². The fraction of sp³-hybridized carbons (Fsp3) is 0.0435. The molecule has 0 fully saturated rings. The molecule has 0 bridgehead atoms. The number of halogens is 1. The fourth-order valence-electron chi connectivity index (χ4n) is 2.57. The van der Waals surface area contributed by atoms with Gasteiger partial charge in [-0.05, 0) is 36.0 Å². The van der Waals surface area contributed by atoms with Gasteiger partial charge >= 0.3 is 0 Å². The number of hydrogen-bond acceptors (Lipinski definition) is 1. The van der Waals surface area contributed by atoms with E-state index >= 15 is 0 Å². The molecule has 0 atom stereocenters. The predicted molar refractivity (Wildman–Crippen MR) is 116 cm³/mol. The summed E-state index contributed by atoms with van der Waals surface area (Å²) in [6, 6.07) is 36.1. The maximum Gasteiger partial charge on any atom is 0.114 e. The van der Waals surface area contributed by atoms with Gasteiger partial charge in [0.25, 0.3) is 0 Å². The Labute approximate surface area is 164 Å². The Kier molecular flexibility index (Phi) is 7.25. The van der Waals surface area contributed by atoms with Crippen LogP contribution in [-0.2, 0) is 5.33 Å². The maximum absolute atomic E-state index is 4.94. The van der Waals surface area contributed by atoms with Gasteiger partial charge in [0.15, 0.2) is 0 Å². The molecular formula is C23H20BrOP. The summed E-state index contributed by atoms with van der Waals surface area (Å²) in [5.41, 5.74) is 0. The molecule has 0 aliphatic carbocycles. The molecule has 0 spiro atoms. The van der Waals surface area contributed by atoms with Crippen LogP contribution in [-0.4, -0.2) is 0 Å². The van der Waals surface area contributed by atoms with E-state index in [1.165, 1.54) is 15.9 Å². The van der Waals surface area contributed by atoms with Gasteiger partial charge in [-0.1, -0.05) is 107 Å². The van der Waals surface area contributed by atoms with Crippen molar-refractivity contribution in [2.75, 3.05) is 0 Å². The summed E-state index contributed by atoms with van der Waals surface area (Å²) in [6.45, 7) is 0. The first-order chi connectivity index (χ1) is 12.9. The first-order valence-corrected chi connectivity index (χ1v) is 10.9. The van der Waals surface area contributed by atoms with Crippen LogP contribution in [0.2, 0.25) is 0 Å². The highest BCUT2D eigenvalue weighted by atomic mass is 79.9. The van der Waals surface area contributed by atoms with Crippen LogP contribution >= 0.6 is 23.9 Å². The lowest BCUT2D eigenvalue weighted by Gasteiger charge is -2.18. The SMILES string of the molecule is BrCc1ccco1.c1ccc(P(c2ccccc2)c2ccccc2)cc1. The summed E-state index contributed by atoms with van der Waals surface area (Å²) in [4.78, 5) is 0. The highest BCUT2D eigenvalue weighted by molar-refractivity contribution is 9.08. The highest BCUT2D eigenvalue weighted by Gasteiger charge is 2.14. The molecule has 0 aliphatic rings. The van der Waals surface area contributed by atoms with Crippen molar-refractivity contribution in [2.24, 2.45) is 0 Å². The third kappa shape index (κ3) is 5.17. The standard InChI is InChI=1S/C18H15P.C5H5BrO/c1-4-10-16(11-5-1)19(17-12-6-2-7-13-17)18-14-8-3-9-15-18;6-4-5-2-1-3-7-5/h1-15H;1-3H,4H2. The van der Waals surface area contributed by atoms with E-state index < -0.39 is 7.92 Å². The minimum absolute atomic E-state index is 0.446. The van der Waals surface area contributed by atoms with Crippen LogP contribution < -0.4 is 15.9 Å². The number of hydrogen-bond donors (Lipinski definition) is 0. The Morgan fingerprint density at radius 2 is 1.00 bits per heavy atom. The van der Waals surface area contributed by atoms with E-state index in [9.17, 15) is 0 Å². The zero-order valence-corrected chi connectivity index (χ0v) is 16.8. The lowest BCUT2D eigenvalue weighted by Crippen LogP contribution is -2.20. The summed E-state index contributed by atoms with van der Waals surface area (Å²) >= 11 is 3.24. The first-order valence-electron chi connectivity index (χ1n) is 8.42. The van der Waals surface area contributed by atoms with Crippen LogP contribution in [0.4, 0.5) is 0 Å². The molecule has 130 valence electrons. The molecule has 0 saturated carbocycles. The van der Waals surface area contributed by atoms with Crippen molar-refractivity contribution in [3.63, 3.8) is 0 Å². The summed E-state index contributed by atoms with van der Waals surface area (Å²) in [5.74, 6) is 0.972. The van der Waals surface area contributed by atoms with E-state index in [0.29, 0.717) is 0 Å². The third-order valence-corrected chi connectivity index (χ3v) is 6.75. The van der Waals surface area contributed by atoms with Crippen molar-refractivity contribution < 1.29 is 4.42 Å². The van der Waals surface area contributed by atoms with E-state index in [1.807, 2.05) is 12.1 Å². The van der Waals surface area contributed by atoms with Gasteiger partial charge in [-0.25, -0.2) is 0 Å². The average molecular weight is 423 g/mol. The van der Waals surface area contributed by atoms with E-state index in [1.54, 1.807) is 6.26 Å². The van der Waals surface area contributed by atoms with Crippen LogP contribution in [0.25, 0.3) is 0 Å². The van der Waals surface area contributed by atoms with E-state index in [-0.39, 0.29) is 0 Å². The lowest BCUT2D eigenvalue weighted by atomic mass is 10.4. The molecule has 1 nitrogen and oxygen atoms in total. The lowest BCUT2D eigenvalue weighted by molar-refractivity contribution is 0.531. The van der Waals surface area contributed by atoms with Gasteiger partial charge in [0.2, 0.25) is 0 Å². The number of benzene rings is 3. The molecule has 26 heavy (non-hydrogen) atoms. The van der Waals surface area contributed by atoms with Gasteiger partial charge in [0.1, 0.15) is 5.76 Å². The summed E-state index contributed by atoms with van der Waals surface area (Å²) in [7, 11) is -0.446. The van der Waals surface area contributed by atoms with Crippen LogP contribution in [0.5, 0.6) is 0 Å². The van der Waals surface area contributed by atoms with Crippen LogP contribution in [0.1, 0.15) is 5.76 Å². The van der Waals surface area contributed by atoms with Gasteiger partial charge in [-0.3, -0.25) is 0 Å². The van der Waals surface area contributed by atoms with Gasteiger partial charge < -0.3 is 4.42 Å². The van der Waals surface area contributed by atoms with Crippen molar-refractivity contribution in [2.45, 2.75) is 5.33 Å². The summed E-state index contributed by atoms with van der Waals surface area (Å²) in [6.07, 6.45) is 1.66. The molecule has 0 radical (unpaired) electrons. The Bertz CT molecular complexity index is 768. The monoisotopic (exact) mass is 422 g/mol. The first kappa shape index (κ1) is 18.6. The van der Waals surface area contributed by atoms with Crippen molar-refractivity contribution in [3.8, 4) is 0 Å². The molecule has 0 saturated heterocycles. The zero-order valence-electron chi connectivity index (χ0n) is 14.3. The van der Waals surface area contributed by atoms with Gasteiger partial charge in [-0.15, -0.1) is 0 Å².